The highest BCUT2D eigenvalue weighted by atomic mass is 16.5. The van der Waals surface area contributed by atoms with Crippen molar-refractivity contribution in [2.75, 3.05) is 13.7 Å². The van der Waals surface area contributed by atoms with E-state index in [9.17, 15) is 4.79 Å². The predicted octanol–water partition coefficient (Wildman–Crippen LogP) is 2.19. The van der Waals surface area contributed by atoms with E-state index in [1.807, 2.05) is 19.9 Å². The van der Waals surface area contributed by atoms with Crippen molar-refractivity contribution in [3.8, 4) is 0 Å². The molecule has 0 aliphatic heterocycles. The Bertz CT molecular complexity index is 150. The van der Waals surface area contributed by atoms with Crippen LogP contribution in [0.2, 0.25) is 0 Å². The van der Waals surface area contributed by atoms with Crippen LogP contribution in [0.1, 0.15) is 26.7 Å². The second-order valence-corrected chi connectivity index (χ2v) is 2.90. The standard InChI is InChI=1S/C10H18O2/c1-4-5-6-10(11)9(2)7-8-12-3/h5-6,9H,4,7-8H2,1-3H3/b6-5+. The van der Waals surface area contributed by atoms with Crippen LogP contribution in [0.5, 0.6) is 0 Å². The molecule has 0 aliphatic carbocycles. The van der Waals surface area contributed by atoms with Gasteiger partial charge in [-0.15, -0.1) is 0 Å². The number of methoxy groups -OCH3 is 1. The summed E-state index contributed by atoms with van der Waals surface area (Å²) in [6.45, 7) is 4.61. The van der Waals surface area contributed by atoms with E-state index in [4.69, 9.17) is 4.74 Å². The smallest absolute Gasteiger partial charge is 0.158 e. The summed E-state index contributed by atoms with van der Waals surface area (Å²) in [4.78, 5) is 11.3. The number of carbonyl (C=O) groups is 1. The molecule has 0 radical (unpaired) electrons. The van der Waals surface area contributed by atoms with Gasteiger partial charge in [-0.2, -0.15) is 0 Å². The van der Waals surface area contributed by atoms with Gasteiger partial charge in [-0.05, 0) is 18.9 Å². The first-order chi connectivity index (χ1) is 5.72. The highest BCUT2D eigenvalue weighted by Crippen LogP contribution is 2.04. The fourth-order valence-electron chi connectivity index (χ4n) is 0.835. The van der Waals surface area contributed by atoms with E-state index in [0.29, 0.717) is 6.61 Å². The van der Waals surface area contributed by atoms with Crippen LogP contribution >= 0.6 is 0 Å². The fourth-order valence-corrected chi connectivity index (χ4v) is 0.835. The molecule has 0 heterocycles. The normalized spacial score (nSPS) is 13.6. The van der Waals surface area contributed by atoms with Gasteiger partial charge in [-0.25, -0.2) is 0 Å². The van der Waals surface area contributed by atoms with Crippen molar-refractivity contribution < 1.29 is 9.53 Å². The van der Waals surface area contributed by atoms with Crippen LogP contribution in [0, 0.1) is 5.92 Å². The summed E-state index contributed by atoms with van der Waals surface area (Å²) in [6, 6.07) is 0. The van der Waals surface area contributed by atoms with Crippen LogP contribution in [0.25, 0.3) is 0 Å². The minimum Gasteiger partial charge on any atom is -0.385 e. The Hall–Kier alpha value is -0.630. The van der Waals surface area contributed by atoms with Crippen molar-refractivity contribution in [3.05, 3.63) is 12.2 Å². The summed E-state index contributed by atoms with van der Waals surface area (Å²) < 4.78 is 4.89. The zero-order chi connectivity index (χ0) is 9.40. The first-order valence-electron chi connectivity index (χ1n) is 4.41. The van der Waals surface area contributed by atoms with Crippen molar-refractivity contribution in [1.82, 2.24) is 0 Å². The lowest BCUT2D eigenvalue weighted by Gasteiger charge is -2.05. The number of allylic oxidation sites excluding steroid dienone is 2. The van der Waals surface area contributed by atoms with E-state index in [-0.39, 0.29) is 11.7 Å². The van der Waals surface area contributed by atoms with E-state index in [1.165, 1.54) is 0 Å². The molecule has 2 nitrogen and oxygen atoms in total. The summed E-state index contributed by atoms with van der Waals surface area (Å²) in [7, 11) is 1.65. The molecular weight excluding hydrogens is 152 g/mol. The van der Waals surface area contributed by atoms with Crippen LogP contribution in [-0.2, 0) is 9.53 Å². The summed E-state index contributed by atoms with van der Waals surface area (Å²) in [6.07, 6.45) is 5.29. The van der Waals surface area contributed by atoms with Gasteiger partial charge in [-0.3, -0.25) is 4.79 Å². The fraction of sp³-hybridized carbons (Fsp3) is 0.700. The molecule has 0 aromatic carbocycles. The number of carbonyl (C=O) groups excluding carboxylic acids is 1. The molecule has 0 bridgehead atoms. The van der Waals surface area contributed by atoms with Crippen LogP contribution in [-0.4, -0.2) is 19.5 Å². The quantitative estimate of drug-likeness (QED) is 0.571. The second-order valence-electron chi connectivity index (χ2n) is 2.90. The SMILES string of the molecule is CC/C=C/C(=O)C(C)CCOC. The molecule has 0 saturated carbocycles. The van der Waals surface area contributed by atoms with Crippen LogP contribution in [0.4, 0.5) is 0 Å². The highest BCUT2D eigenvalue weighted by Gasteiger charge is 2.08. The van der Waals surface area contributed by atoms with Crippen molar-refractivity contribution >= 4 is 5.78 Å². The van der Waals surface area contributed by atoms with Gasteiger partial charge in [-0.1, -0.05) is 19.9 Å². The second kappa shape index (κ2) is 7.04. The minimum atomic E-state index is 0.0905. The first-order valence-corrected chi connectivity index (χ1v) is 4.41. The highest BCUT2D eigenvalue weighted by molar-refractivity contribution is 5.91. The minimum absolute atomic E-state index is 0.0905. The molecule has 0 aromatic heterocycles. The third-order valence-electron chi connectivity index (χ3n) is 1.76. The first kappa shape index (κ1) is 11.4. The zero-order valence-corrected chi connectivity index (χ0v) is 8.17. The molecule has 0 N–H and O–H groups in total. The van der Waals surface area contributed by atoms with Gasteiger partial charge in [0.05, 0.1) is 0 Å². The summed E-state index contributed by atoms with van der Waals surface area (Å²) in [5.74, 6) is 0.293. The third kappa shape index (κ3) is 5.08. The summed E-state index contributed by atoms with van der Waals surface area (Å²) in [5.41, 5.74) is 0. The Morgan fingerprint density at radius 2 is 2.25 bits per heavy atom. The summed E-state index contributed by atoms with van der Waals surface area (Å²) in [5, 5.41) is 0. The Labute approximate surface area is 74.6 Å². The van der Waals surface area contributed by atoms with E-state index in [0.717, 1.165) is 12.8 Å². The summed E-state index contributed by atoms with van der Waals surface area (Å²) >= 11 is 0. The van der Waals surface area contributed by atoms with Crippen molar-refractivity contribution in [3.63, 3.8) is 0 Å². The Balaban J connectivity index is 3.68. The average Bonchev–Trinajstić information content (AvgIpc) is 2.10. The monoisotopic (exact) mass is 170 g/mol. The molecule has 0 fully saturated rings. The lowest BCUT2D eigenvalue weighted by atomic mass is 10.0. The lowest BCUT2D eigenvalue weighted by Crippen LogP contribution is -2.10. The molecule has 0 amide bonds. The number of ether oxygens (including phenoxy) is 1. The number of hydrogen-bond acceptors (Lipinski definition) is 2. The lowest BCUT2D eigenvalue weighted by molar-refractivity contribution is -0.118. The maximum absolute atomic E-state index is 11.3. The molecule has 0 saturated heterocycles. The largest absolute Gasteiger partial charge is 0.385 e. The molecule has 0 spiro atoms. The van der Waals surface area contributed by atoms with Gasteiger partial charge in [0.15, 0.2) is 5.78 Å². The Morgan fingerprint density at radius 1 is 1.58 bits per heavy atom. The maximum Gasteiger partial charge on any atom is 0.158 e. The predicted molar refractivity (Wildman–Crippen MR) is 50.1 cm³/mol. The number of ketones is 1. The number of hydrogen-bond donors (Lipinski definition) is 0. The van der Waals surface area contributed by atoms with Crippen LogP contribution in [0.3, 0.4) is 0 Å². The van der Waals surface area contributed by atoms with Crippen molar-refractivity contribution in [1.29, 1.82) is 0 Å². The Kier molecular flexibility index (Phi) is 6.67. The number of rotatable bonds is 6. The average molecular weight is 170 g/mol. The van der Waals surface area contributed by atoms with E-state index >= 15 is 0 Å². The third-order valence-corrected chi connectivity index (χ3v) is 1.76. The molecule has 1 atom stereocenters. The van der Waals surface area contributed by atoms with Gasteiger partial charge >= 0.3 is 0 Å². The zero-order valence-electron chi connectivity index (χ0n) is 8.17. The van der Waals surface area contributed by atoms with Crippen LogP contribution in [0.15, 0.2) is 12.2 Å². The van der Waals surface area contributed by atoms with Gasteiger partial charge < -0.3 is 4.74 Å². The van der Waals surface area contributed by atoms with Gasteiger partial charge in [0, 0.05) is 19.6 Å². The maximum atomic E-state index is 11.3. The molecule has 0 aliphatic rings. The van der Waals surface area contributed by atoms with E-state index in [1.54, 1.807) is 13.2 Å². The van der Waals surface area contributed by atoms with Crippen LogP contribution < -0.4 is 0 Å². The molecule has 0 rings (SSSR count). The molecule has 70 valence electrons. The Morgan fingerprint density at radius 3 is 2.75 bits per heavy atom. The van der Waals surface area contributed by atoms with E-state index < -0.39 is 0 Å². The van der Waals surface area contributed by atoms with Gasteiger partial charge in [0.25, 0.3) is 0 Å². The molecule has 0 aromatic rings. The molecule has 1 unspecified atom stereocenters. The molecular formula is C10H18O2. The topological polar surface area (TPSA) is 26.3 Å². The van der Waals surface area contributed by atoms with E-state index in [2.05, 4.69) is 0 Å². The molecule has 2 heteroatoms. The molecule has 12 heavy (non-hydrogen) atoms. The van der Waals surface area contributed by atoms with Gasteiger partial charge in [0.2, 0.25) is 0 Å². The van der Waals surface area contributed by atoms with Crippen molar-refractivity contribution in [2.45, 2.75) is 26.7 Å². The van der Waals surface area contributed by atoms with Crippen molar-refractivity contribution in [2.24, 2.45) is 5.92 Å². The van der Waals surface area contributed by atoms with Gasteiger partial charge in [0.1, 0.15) is 0 Å².